The molecule has 0 spiro atoms. The van der Waals surface area contributed by atoms with Gasteiger partial charge in [-0.3, -0.25) is 4.79 Å². The molecule has 0 radical (unpaired) electrons. The second-order valence-electron chi connectivity index (χ2n) is 6.02. The summed E-state index contributed by atoms with van der Waals surface area (Å²) in [6, 6.07) is 6.27. The van der Waals surface area contributed by atoms with E-state index in [4.69, 9.17) is 5.11 Å². The number of aliphatic hydroxyl groups excluding tert-OH is 1. The van der Waals surface area contributed by atoms with Gasteiger partial charge in [-0.2, -0.15) is 0 Å². The van der Waals surface area contributed by atoms with Crippen molar-refractivity contribution in [2.24, 2.45) is 5.41 Å². The van der Waals surface area contributed by atoms with Gasteiger partial charge >= 0.3 is 0 Å². The monoisotopic (exact) mass is 406 g/mol. The van der Waals surface area contributed by atoms with Gasteiger partial charge in [0.05, 0.1) is 4.90 Å². The second-order valence-corrected chi connectivity index (χ2v) is 8.70. The maximum Gasteiger partial charge on any atom is 0.240 e. The normalized spacial score (nSPS) is 12.2. The van der Waals surface area contributed by atoms with Gasteiger partial charge in [0.1, 0.15) is 0 Å². The van der Waals surface area contributed by atoms with Crippen LogP contribution in [0.25, 0.3) is 0 Å². The highest BCUT2D eigenvalue weighted by atomic mass is 79.9. The zero-order valence-electron chi connectivity index (χ0n) is 13.3. The Morgan fingerprint density at radius 1 is 1.26 bits per heavy atom. The fraction of sp³-hybridized carbons (Fsp3) is 0.533. The highest BCUT2D eigenvalue weighted by Crippen LogP contribution is 2.18. The molecule has 0 unspecified atom stereocenters. The minimum absolute atomic E-state index is 0.0324. The first kappa shape index (κ1) is 20.1. The number of rotatable bonds is 9. The van der Waals surface area contributed by atoms with Gasteiger partial charge < -0.3 is 10.4 Å². The lowest BCUT2D eigenvalue weighted by atomic mass is 9.90. The summed E-state index contributed by atoms with van der Waals surface area (Å²) in [6.45, 7) is 4.42. The lowest BCUT2D eigenvalue weighted by molar-refractivity contribution is -0.121. The largest absolute Gasteiger partial charge is 0.396 e. The smallest absolute Gasteiger partial charge is 0.240 e. The second kappa shape index (κ2) is 8.77. The lowest BCUT2D eigenvalue weighted by Crippen LogP contribution is -2.36. The minimum Gasteiger partial charge on any atom is -0.396 e. The number of aliphatic hydroxyl groups is 1. The Hall–Kier alpha value is -0.960. The number of carbonyl (C=O) groups is 1. The van der Waals surface area contributed by atoms with Crippen molar-refractivity contribution in [2.75, 3.05) is 19.7 Å². The number of halogens is 1. The summed E-state index contributed by atoms with van der Waals surface area (Å²) in [5.41, 5.74) is -0.193. The Kier molecular flexibility index (Phi) is 7.66. The van der Waals surface area contributed by atoms with E-state index in [9.17, 15) is 13.2 Å². The third-order valence-electron chi connectivity index (χ3n) is 3.32. The molecule has 0 aliphatic rings. The SMILES string of the molecule is CC(C)(CCO)CNC(=O)CCNS(=O)(=O)c1ccc(Br)cc1. The topological polar surface area (TPSA) is 95.5 Å². The zero-order valence-corrected chi connectivity index (χ0v) is 15.7. The van der Waals surface area contributed by atoms with Crippen LogP contribution in [0.3, 0.4) is 0 Å². The Balaban J connectivity index is 2.41. The van der Waals surface area contributed by atoms with Crippen LogP contribution in [0, 0.1) is 5.41 Å². The average Bonchev–Trinajstić information content (AvgIpc) is 2.45. The van der Waals surface area contributed by atoms with Crippen LogP contribution in [-0.4, -0.2) is 39.1 Å². The minimum atomic E-state index is -3.61. The molecule has 0 aliphatic heterocycles. The number of nitrogens with one attached hydrogen (secondary N) is 2. The first-order valence-electron chi connectivity index (χ1n) is 7.29. The molecule has 0 saturated heterocycles. The van der Waals surface area contributed by atoms with Crippen molar-refractivity contribution in [1.29, 1.82) is 0 Å². The van der Waals surface area contributed by atoms with Gasteiger partial charge in [-0.1, -0.05) is 29.8 Å². The third-order valence-corrected chi connectivity index (χ3v) is 5.33. The Morgan fingerprint density at radius 3 is 2.43 bits per heavy atom. The zero-order chi connectivity index (χ0) is 17.5. The molecule has 1 rings (SSSR count). The fourth-order valence-corrected chi connectivity index (χ4v) is 3.11. The summed E-state index contributed by atoms with van der Waals surface area (Å²) in [6.07, 6.45) is 0.647. The van der Waals surface area contributed by atoms with Crippen LogP contribution >= 0.6 is 15.9 Å². The van der Waals surface area contributed by atoms with E-state index >= 15 is 0 Å². The standard InChI is InChI=1S/C15H23BrN2O4S/c1-15(2,8-10-19)11-17-14(20)7-9-18-23(21,22)13-5-3-12(16)4-6-13/h3-6,18-19H,7-11H2,1-2H3,(H,17,20). The Bertz CT molecular complexity index is 615. The molecule has 0 heterocycles. The summed E-state index contributed by atoms with van der Waals surface area (Å²) in [4.78, 5) is 11.9. The first-order chi connectivity index (χ1) is 10.7. The van der Waals surface area contributed by atoms with Crippen molar-refractivity contribution in [3.8, 4) is 0 Å². The van der Waals surface area contributed by atoms with Crippen molar-refractivity contribution in [3.63, 3.8) is 0 Å². The maximum atomic E-state index is 12.0. The first-order valence-corrected chi connectivity index (χ1v) is 9.57. The van der Waals surface area contributed by atoms with Gasteiger partial charge in [-0.15, -0.1) is 0 Å². The third kappa shape index (κ3) is 7.43. The summed E-state index contributed by atoms with van der Waals surface area (Å²) in [5, 5.41) is 11.7. The van der Waals surface area contributed by atoms with E-state index in [2.05, 4.69) is 26.0 Å². The lowest BCUT2D eigenvalue weighted by Gasteiger charge is -2.23. The predicted molar refractivity (Wildman–Crippen MR) is 92.4 cm³/mol. The van der Waals surface area contributed by atoms with Crippen molar-refractivity contribution in [3.05, 3.63) is 28.7 Å². The molecule has 0 atom stereocenters. The molecule has 0 aliphatic carbocycles. The summed E-state index contributed by atoms with van der Waals surface area (Å²) < 4.78 is 27.3. The van der Waals surface area contributed by atoms with Crippen LogP contribution in [0.2, 0.25) is 0 Å². The molecule has 1 aromatic carbocycles. The highest BCUT2D eigenvalue weighted by Gasteiger charge is 2.18. The summed E-state index contributed by atoms with van der Waals surface area (Å²) >= 11 is 3.24. The van der Waals surface area contributed by atoms with Crippen molar-refractivity contribution in [2.45, 2.75) is 31.6 Å². The average molecular weight is 407 g/mol. The van der Waals surface area contributed by atoms with E-state index in [0.717, 1.165) is 4.47 Å². The number of carbonyl (C=O) groups excluding carboxylic acids is 1. The number of benzene rings is 1. The molecule has 130 valence electrons. The van der Waals surface area contributed by atoms with Gasteiger partial charge in [0.2, 0.25) is 15.9 Å². The van der Waals surface area contributed by atoms with Crippen LogP contribution in [0.4, 0.5) is 0 Å². The van der Waals surface area contributed by atoms with Gasteiger partial charge in [0.25, 0.3) is 0 Å². The predicted octanol–water partition coefficient (Wildman–Crippen LogP) is 1.64. The fourth-order valence-electron chi connectivity index (χ4n) is 1.81. The molecular formula is C15H23BrN2O4S. The summed E-state index contributed by atoms with van der Waals surface area (Å²) in [5.74, 6) is -0.227. The molecule has 1 amide bonds. The Labute approximate surface area is 145 Å². The van der Waals surface area contributed by atoms with Crippen molar-refractivity contribution >= 4 is 31.9 Å². The molecule has 1 aromatic rings. The van der Waals surface area contributed by atoms with E-state index < -0.39 is 10.0 Å². The van der Waals surface area contributed by atoms with E-state index in [1.807, 2.05) is 13.8 Å². The molecule has 0 saturated carbocycles. The molecule has 3 N–H and O–H groups in total. The molecule has 0 bridgehead atoms. The molecule has 8 heteroatoms. The summed E-state index contributed by atoms with van der Waals surface area (Å²) in [7, 11) is -3.61. The Morgan fingerprint density at radius 2 is 1.87 bits per heavy atom. The number of amides is 1. The molecule has 0 fully saturated rings. The number of sulfonamides is 1. The molecular weight excluding hydrogens is 384 g/mol. The van der Waals surface area contributed by atoms with Gasteiger partial charge in [0.15, 0.2) is 0 Å². The van der Waals surface area contributed by atoms with Gasteiger partial charge in [-0.25, -0.2) is 13.1 Å². The number of hydrogen-bond donors (Lipinski definition) is 3. The van der Waals surface area contributed by atoms with Crippen LogP contribution in [-0.2, 0) is 14.8 Å². The molecule has 23 heavy (non-hydrogen) atoms. The van der Waals surface area contributed by atoms with Crippen LogP contribution in [0.5, 0.6) is 0 Å². The van der Waals surface area contributed by atoms with Crippen LogP contribution < -0.4 is 10.0 Å². The van der Waals surface area contributed by atoms with Crippen molar-refractivity contribution in [1.82, 2.24) is 10.0 Å². The van der Waals surface area contributed by atoms with Crippen molar-refractivity contribution < 1.29 is 18.3 Å². The maximum absolute atomic E-state index is 12.0. The van der Waals surface area contributed by atoms with E-state index in [0.29, 0.717) is 13.0 Å². The molecule has 6 nitrogen and oxygen atoms in total. The quantitative estimate of drug-likeness (QED) is 0.580. The highest BCUT2D eigenvalue weighted by molar-refractivity contribution is 9.10. The van der Waals surface area contributed by atoms with E-state index in [-0.39, 0.29) is 35.8 Å². The van der Waals surface area contributed by atoms with E-state index in [1.54, 1.807) is 12.1 Å². The molecule has 0 aromatic heterocycles. The van der Waals surface area contributed by atoms with Gasteiger partial charge in [-0.05, 0) is 36.1 Å². The van der Waals surface area contributed by atoms with Crippen LogP contribution in [0.15, 0.2) is 33.6 Å². The van der Waals surface area contributed by atoms with E-state index in [1.165, 1.54) is 12.1 Å². The van der Waals surface area contributed by atoms with Gasteiger partial charge in [0, 0.05) is 30.6 Å². The number of hydrogen-bond acceptors (Lipinski definition) is 4. The van der Waals surface area contributed by atoms with Crippen LogP contribution in [0.1, 0.15) is 26.7 Å².